The van der Waals surface area contributed by atoms with Crippen LogP contribution in [0.4, 0.5) is 0 Å². The summed E-state index contributed by atoms with van der Waals surface area (Å²) in [5.41, 5.74) is 0. The van der Waals surface area contributed by atoms with Crippen molar-refractivity contribution < 1.29 is 24.1 Å². The van der Waals surface area contributed by atoms with E-state index in [1.807, 2.05) is 13.8 Å². The van der Waals surface area contributed by atoms with Crippen LogP contribution in [0.1, 0.15) is 46.0 Å². The summed E-state index contributed by atoms with van der Waals surface area (Å²) in [4.78, 5) is 11.5. The molecule has 0 heterocycles. The number of rotatable bonds is 8. The molecule has 1 saturated carbocycles. The van der Waals surface area contributed by atoms with Gasteiger partial charge in [-0.1, -0.05) is 19.3 Å². The Hall–Kier alpha value is -0.650. The second kappa shape index (κ2) is 14.8. The first-order chi connectivity index (χ1) is 9.76. The van der Waals surface area contributed by atoms with Crippen LogP contribution in [0.5, 0.6) is 0 Å². The molecule has 0 saturated heterocycles. The summed E-state index contributed by atoms with van der Waals surface area (Å²) < 4.78 is 14.9. The van der Waals surface area contributed by atoms with Crippen LogP contribution in [0.25, 0.3) is 0 Å². The van der Waals surface area contributed by atoms with Gasteiger partial charge in [-0.15, -0.1) is 0 Å². The maximum atomic E-state index is 11.5. The van der Waals surface area contributed by atoms with Gasteiger partial charge >= 0.3 is 5.97 Å². The van der Waals surface area contributed by atoms with E-state index >= 15 is 0 Å². The molecular formula is C15H30O5. The lowest BCUT2D eigenvalue weighted by molar-refractivity contribution is -0.151. The first-order valence-corrected chi connectivity index (χ1v) is 7.69. The molecule has 1 aliphatic rings. The SMILES string of the molecule is CCOCC.O=C(OCCOCCO)C1CCCCC1. The highest BCUT2D eigenvalue weighted by Crippen LogP contribution is 2.24. The molecule has 1 aliphatic carbocycles. The minimum Gasteiger partial charge on any atom is -0.463 e. The van der Waals surface area contributed by atoms with E-state index < -0.39 is 0 Å². The quantitative estimate of drug-likeness (QED) is 0.548. The fourth-order valence-electron chi connectivity index (χ4n) is 2.03. The third kappa shape index (κ3) is 11.2. The minimum atomic E-state index is -0.0812. The second-order valence-electron chi connectivity index (χ2n) is 4.62. The lowest BCUT2D eigenvalue weighted by atomic mass is 9.89. The molecule has 0 unspecified atom stereocenters. The summed E-state index contributed by atoms with van der Waals surface area (Å²) in [7, 11) is 0. The standard InChI is InChI=1S/C11H20O4.C4H10O/c12-6-7-14-8-9-15-11(13)10-4-2-1-3-5-10;1-3-5-4-2/h10,12H,1-9H2;3-4H2,1-2H3. The van der Waals surface area contributed by atoms with Crippen LogP contribution in [0.2, 0.25) is 0 Å². The van der Waals surface area contributed by atoms with Gasteiger partial charge in [-0.05, 0) is 26.7 Å². The van der Waals surface area contributed by atoms with Crippen molar-refractivity contribution in [3.05, 3.63) is 0 Å². The summed E-state index contributed by atoms with van der Waals surface area (Å²) in [5.74, 6) is 0.0268. The zero-order valence-corrected chi connectivity index (χ0v) is 12.9. The maximum absolute atomic E-state index is 11.5. The van der Waals surface area contributed by atoms with Gasteiger partial charge in [0.2, 0.25) is 0 Å². The van der Waals surface area contributed by atoms with Crippen molar-refractivity contribution in [2.45, 2.75) is 46.0 Å². The number of carbonyl (C=O) groups is 1. The first kappa shape index (κ1) is 19.4. The van der Waals surface area contributed by atoms with E-state index in [1.54, 1.807) is 0 Å². The second-order valence-corrected chi connectivity index (χ2v) is 4.62. The van der Waals surface area contributed by atoms with Gasteiger partial charge in [-0.3, -0.25) is 4.79 Å². The number of carbonyl (C=O) groups excluding carboxylic acids is 1. The Labute approximate surface area is 122 Å². The smallest absolute Gasteiger partial charge is 0.309 e. The summed E-state index contributed by atoms with van der Waals surface area (Å²) in [6.45, 7) is 6.66. The molecular weight excluding hydrogens is 260 g/mol. The zero-order chi connectivity index (χ0) is 15.1. The van der Waals surface area contributed by atoms with Crippen molar-refractivity contribution in [3.63, 3.8) is 0 Å². The Bertz CT molecular complexity index is 212. The lowest BCUT2D eigenvalue weighted by Crippen LogP contribution is -2.22. The largest absolute Gasteiger partial charge is 0.463 e. The van der Waals surface area contributed by atoms with Crippen molar-refractivity contribution >= 4 is 5.97 Å². The van der Waals surface area contributed by atoms with Crippen molar-refractivity contribution in [1.29, 1.82) is 0 Å². The van der Waals surface area contributed by atoms with Crippen molar-refractivity contribution in [1.82, 2.24) is 0 Å². The minimum absolute atomic E-state index is 0.0105. The Morgan fingerprint density at radius 1 is 1.00 bits per heavy atom. The number of hydrogen-bond donors (Lipinski definition) is 1. The van der Waals surface area contributed by atoms with Crippen molar-refractivity contribution in [2.75, 3.05) is 39.6 Å². The molecule has 0 spiro atoms. The summed E-state index contributed by atoms with van der Waals surface area (Å²) in [6, 6.07) is 0. The molecule has 0 atom stereocenters. The molecule has 1 fully saturated rings. The predicted octanol–water partition coefficient (Wildman–Crippen LogP) is 2.16. The highest BCUT2D eigenvalue weighted by Gasteiger charge is 2.21. The fraction of sp³-hybridized carbons (Fsp3) is 0.933. The molecule has 0 radical (unpaired) electrons. The number of aliphatic hydroxyl groups excluding tert-OH is 1. The number of hydrogen-bond acceptors (Lipinski definition) is 5. The molecule has 0 aromatic rings. The number of ether oxygens (including phenoxy) is 3. The molecule has 5 nitrogen and oxygen atoms in total. The Balaban J connectivity index is 0.000000621. The third-order valence-corrected chi connectivity index (χ3v) is 3.05. The van der Waals surface area contributed by atoms with Gasteiger partial charge in [-0.25, -0.2) is 0 Å². The van der Waals surface area contributed by atoms with Crippen LogP contribution in [0, 0.1) is 5.92 Å². The lowest BCUT2D eigenvalue weighted by Gasteiger charge is -2.19. The van der Waals surface area contributed by atoms with Gasteiger partial charge in [0.1, 0.15) is 6.61 Å². The maximum Gasteiger partial charge on any atom is 0.309 e. The van der Waals surface area contributed by atoms with Crippen LogP contribution in [0.3, 0.4) is 0 Å². The van der Waals surface area contributed by atoms with Crippen LogP contribution < -0.4 is 0 Å². The van der Waals surface area contributed by atoms with Crippen LogP contribution in [-0.4, -0.2) is 50.7 Å². The summed E-state index contributed by atoms with van der Waals surface area (Å²) in [6.07, 6.45) is 5.46. The molecule has 0 aromatic carbocycles. The van der Waals surface area contributed by atoms with E-state index in [4.69, 9.17) is 19.3 Å². The van der Waals surface area contributed by atoms with E-state index in [-0.39, 0.29) is 18.5 Å². The van der Waals surface area contributed by atoms with Crippen LogP contribution >= 0.6 is 0 Å². The van der Waals surface area contributed by atoms with Crippen molar-refractivity contribution in [3.8, 4) is 0 Å². The molecule has 0 aromatic heterocycles. The fourth-order valence-corrected chi connectivity index (χ4v) is 2.03. The van der Waals surface area contributed by atoms with Gasteiger partial charge in [0.15, 0.2) is 0 Å². The predicted molar refractivity (Wildman–Crippen MR) is 77.6 cm³/mol. The van der Waals surface area contributed by atoms with Gasteiger partial charge in [0, 0.05) is 13.2 Å². The van der Waals surface area contributed by atoms with E-state index in [9.17, 15) is 4.79 Å². The van der Waals surface area contributed by atoms with E-state index in [0.717, 1.165) is 38.9 Å². The Morgan fingerprint density at radius 3 is 2.15 bits per heavy atom. The molecule has 5 heteroatoms. The van der Waals surface area contributed by atoms with E-state index in [1.165, 1.54) is 6.42 Å². The Morgan fingerprint density at radius 2 is 1.65 bits per heavy atom. The van der Waals surface area contributed by atoms with Crippen LogP contribution in [-0.2, 0) is 19.0 Å². The van der Waals surface area contributed by atoms with Gasteiger partial charge in [-0.2, -0.15) is 0 Å². The van der Waals surface area contributed by atoms with Gasteiger partial charge in [0.25, 0.3) is 0 Å². The average Bonchev–Trinajstić information content (AvgIpc) is 2.49. The van der Waals surface area contributed by atoms with Crippen LogP contribution in [0.15, 0.2) is 0 Å². The van der Waals surface area contributed by atoms with Gasteiger partial charge < -0.3 is 19.3 Å². The highest BCUT2D eigenvalue weighted by molar-refractivity contribution is 5.72. The monoisotopic (exact) mass is 290 g/mol. The molecule has 0 amide bonds. The summed E-state index contributed by atoms with van der Waals surface area (Å²) in [5, 5.41) is 8.45. The molecule has 1 N–H and O–H groups in total. The molecule has 120 valence electrons. The zero-order valence-electron chi connectivity index (χ0n) is 12.9. The molecule has 20 heavy (non-hydrogen) atoms. The summed E-state index contributed by atoms with van der Waals surface area (Å²) >= 11 is 0. The topological polar surface area (TPSA) is 65.0 Å². The normalized spacial score (nSPS) is 15.3. The van der Waals surface area contributed by atoms with E-state index in [2.05, 4.69) is 0 Å². The third-order valence-electron chi connectivity index (χ3n) is 3.05. The molecule has 0 aliphatic heterocycles. The average molecular weight is 290 g/mol. The molecule has 0 bridgehead atoms. The first-order valence-electron chi connectivity index (χ1n) is 7.69. The number of esters is 1. The Kier molecular flexibility index (Phi) is 14.3. The van der Waals surface area contributed by atoms with Gasteiger partial charge in [0.05, 0.1) is 25.7 Å². The highest BCUT2D eigenvalue weighted by atomic mass is 16.6. The molecule has 1 rings (SSSR count). The van der Waals surface area contributed by atoms with Crippen molar-refractivity contribution in [2.24, 2.45) is 5.92 Å². The number of aliphatic hydroxyl groups is 1. The van der Waals surface area contributed by atoms with E-state index in [0.29, 0.717) is 19.8 Å².